The van der Waals surface area contributed by atoms with Gasteiger partial charge in [0.25, 0.3) is 11.8 Å². The number of halogens is 7. The number of aromatic nitrogens is 6. The van der Waals surface area contributed by atoms with Gasteiger partial charge in [0.2, 0.25) is 0 Å². The van der Waals surface area contributed by atoms with Gasteiger partial charge in [-0.3, -0.25) is 29.5 Å². The molecule has 0 aliphatic heterocycles. The molecular formula is C47H39Cl3F4N10O6. The number of nitrogens with two attached hydrogens (primary N) is 1. The van der Waals surface area contributed by atoms with E-state index in [2.05, 4.69) is 40.9 Å². The Hall–Kier alpha value is -7.52. The molecule has 16 nitrogen and oxygen atoms in total. The second kappa shape index (κ2) is 24.2. The fourth-order valence-electron chi connectivity index (χ4n) is 7.29. The van der Waals surface area contributed by atoms with Crippen molar-refractivity contribution in [2.45, 2.75) is 51.0 Å². The van der Waals surface area contributed by atoms with Crippen LogP contribution in [0.5, 0.6) is 0 Å². The number of anilines is 2. The molecule has 9 rings (SSSR count). The monoisotopic (exact) mass is 1020 g/mol. The summed E-state index contributed by atoms with van der Waals surface area (Å²) in [7, 11) is 0. The highest BCUT2D eigenvalue weighted by Gasteiger charge is 2.32. The topological polar surface area (TPSA) is 218 Å². The van der Waals surface area contributed by atoms with Gasteiger partial charge in [-0.05, 0) is 97.5 Å². The number of carbonyl (C=O) groups excluding carboxylic acids is 4. The lowest BCUT2D eigenvalue weighted by Gasteiger charge is -2.16. The summed E-state index contributed by atoms with van der Waals surface area (Å²) in [5, 5.41) is 7.70. The van der Waals surface area contributed by atoms with Gasteiger partial charge in [-0.25, -0.2) is 36.7 Å². The smallest absolute Gasteiger partial charge is 0.419 e. The van der Waals surface area contributed by atoms with Gasteiger partial charge in [-0.1, -0.05) is 23.2 Å². The third kappa shape index (κ3) is 13.2. The minimum atomic E-state index is -0.733. The highest BCUT2D eigenvalue weighted by atomic mass is 35.5. The van der Waals surface area contributed by atoms with Gasteiger partial charge in [0.15, 0.2) is 0 Å². The van der Waals surface area contributed by atoms with Crippen LogP contribution in [0.4, 0.5) is 38.5 Å². The van der Waals surface area contributed by atoms with Gasteiger partial charge in [-0.2, -0.15) is 0 Å². The molecule has 0 spiro atoms. The van der Waals surface area contributed by atoms with E-state index in [1.54, 1.807) is 18.6 Å². The standard InChI is InChI=1S/C22H17ClF2N4O3.C16H13ClF2N2O.C9H8N4O2.ClH/c23-16-9-12(1-4-17(16)24)28-21(30)15-2-5-18(25)20-14(15)3-6-19(20)29-22(31)32-11-13-10-26-7-8-27-13;17-11-7-8(1-4-12(11)18)21-16(22)10-2-5-13(19)15-9(10)3-6-14(15)20;14-9(13-4-3-11-7-13)15-6-8-5-10-1-2-12-8;/h1-2,4-5,7-10,19H,3,6,11H2,(H,28,30)(H,29,31);1-2,4-5,7,14H,3,6,20H2,(H,21,22);1-5,7H,6H2;1H/t19-;14-;;/m00../s1. The van der Waals surface area contributed by atoms with Crippen molar-refractivity contribution in [2.75, 3.05) is 10.6 Å². The molecule has 70 heavy (non-hydrogen) atoms. The first-order valence-corrected chi connectivity index (χ1v) is 21.5. The molecule has 3 heterocycles. The number of hydrogen-bond donors (Lipinski definition) is 4. The Morgan fingerprint density at radius 3 is 1.69 bits per heavy atom. The molecular weight excluding hydrogens is 983 g/mol. The molecule has 0 unspecified atom stereocenters. The van der Waals surface area contributed by atoms with Crippen LogP contribution in [0, 0.1) is 23.3 Å². The summed E-state index contributed by atoms with van der Waals surface area (Å²) in [6, 6.07) is 11.9. The quantitative estimate of drug-likeness (QED) is 0.0994. The molecule has 0 fully saturated rings. The number of alkyl carbamates (subject to hydrolysis) is 1. The first-order valence-electron chi connectivity index (χ1n) is 20.7. The maximum Gasteiger partial charge on any atom is 0.419 e. The van der Waals surface area contributed by atoms with Crippen LogP contribution in [-0.4, -0.2) is 53.5 Å². The molecule has 2 aliphatic carbocycles. The Balaban J connectivity index is 0.000000183. The van der Waals surface area contributed by atoms with Gasteiger partial charge in [-0.15, -0.1) is 12.4 Å². The fraction of sp³-hybridized carbons (Fsp3) is 0.170. The van der Waals surface area contributed by atoms with Crippen molar-refractivity contribution in [3.8, 4) is 0 Å². The number of fused-ring (bicyclic) bond motifs is 2. The number of rotatable bonds is 9. The summed E-state index contributed by atoms with van der Waals surface area (Å²) in [5.74, 6) is -2.97. The predicted molar refractivity (Wildman–Crippen MR) is 250 cm³/mol. The van der Waals surface area contributed by atoms with Crippen LogP contribution in [-0.2, 0) is 35.5 Å². The number of carbonyl (C=O) groups is 4. The molecule has 0 bridgehead atoms. The summed E-state index contributed by atoms with van der Waals surface area (Å²) in [6.45, 7) is 0.0231. The third-order valence-electron chi connectivity index (χ3n) is 10.5. The van der Waals surface area contributed by atoms with Crippen molar-refractivity contribution in [2.24, 2.45) is 5.73 Å². The number of amides is 3. The van der Waals surface area contributed by atoms with E-state index in [0.717, 1.165) is 6.07 Å². The van der Waals surface area contributed by atoms with E-state index >= 15 is 0 Å². The first-order chi connectivity index (χ1) is 33.2. The lowest BCUT2D eigenvalue weighted by atomic mass is 10.0. The molecule has 362 valence electrons. The Bertz CT molecular complexity index is 2980. The molecule has 0 radical (unpaired) electrons. The van der Waals surface area contributed by atoms with E-state index in [1.165, 1.54) is 96.5 Å². The molecule has 3 amide bonds. The first kappa shape index (κ1) is 51.9. The van der Waals surface area contributed by atoms with E-state index in [1.807, 2.05) is 0 Å². The largest absolute Gasteiger partial charge is 0.443 e. The zero-order valence-electron chi connectivity index (χ0n) is 36.3. The van der Waals surface area contributed by atoms with Crippen LogP contribution >= 0.6 is 35.6 Å². The number of imidazole rings is 1. The molecule has 2 atom stereocenters. The van der Waals surface area contributed by atoms with Crippen LogP contribution in [0.25, 0.3) is 0 Å². The van der Waals surface area contributed by atoms with Gasteiger partial charge < -0.3 is 31.2 Å². The molecule has 23 heteroatoms. The van der Waals surface area contributed by atoms with Crippen LogP contribution in [0.3, 0.4) is 0 Å². The second-order valence-electron chi connectivity index (χ2n) is 15.0. The van der Waals surface area contributed by atoms with Gasteiger partial charge in [0, 0.05) is 76.9 Å². The lowest BCUT2D eigenvalue weighted by Crippen LogP contribution is -2.28. The summed E-state index contributed by atoms with van der Waals surface area (Å²) in [4.78, 5) is 68.1. The average molecular weight is 1020 g/mol. The minimum absolute atomic E-state index is 0. The average Bonchev–Trinajstić information content (AvgIpc) is 4.13. The molecule has 3 aromatic heterocycles. The summed E-state index contributed by atoms with van der Waals surface area (Å²) in [6.07, 6.45) is 14.2. The highest BCUT2D eigenvalue weighted by molar-refractivity contribution is 6.31. The van der Waals surface area contributed by atoms with Crippen molar-refractivity contribution in [1.29, 1.82) is 0 Å². The SMILES string of the molecule is Cl.N[C@H]1CCc2c(C(=O)Nc3ccc(F)c(Cl)c3)ccc(F)c21.O=C(N[C@H]1CCc2c(C(=O)Nc3ccc(F)c(Cl)c3)ccc(F)c21)OCc1cnccn1.O=C(OCc1cnccn1)n1ccnc1. The van der Waals surface area contributed by atoms with E-state index in [9.17, 15) is 36.7 Å². The predicted octanol–water partition coefficient (Wildman–Crippen LogP) is 9.67. The molecule has 2 aliphatic rings. The number of nitrogens with zero attached hydrogens (tertiary/aromatic N) is 6. The van der Waals surface area contributed by atoms with Gasteiger partial charge in [0.1, 0.15) is 42.8 Å². The van der Waals surface area contributed by atoms with Gasteiger partial charge in [0.05, 0.1) is 39.9 Å². The van der Waals surface area contributed by atoms with Crippen molar-refractivity contribution in [3.63, 3.8) is 0 Å². The molecule has 7 aromatic rings. The van der Waals surface area contributed by atoms with E-state index in [0.29, 0.717) is 70.7 Å². The second-order valence-corrected chi connectivity index (χ2v) is 15.8. The van der Waals surface area contributed by atoms with E-state index in [4.69, 9.17) is 38.4 Å². The van der Waals surface area contributed by atoms with E-state index in [-0.39, 0.29) is 58.7 Å². The summed E-state index contributed by atoms with van der Waals surface area (Å²) < 4.78 is 66.2. The Morgan fingerprint density at radius 2 is 1.17 bits per heavy atom. The fourth-order valence-corrected chi connectivity index (χ4v) is 7.65. The molecule has 0 saturated heterocycles. The zero-order chi connectivity index (χ0) is 49.0. The third-order valence-corrected chi connectivity index (χ3v) is 11.1. The summed E-state index contributed by atoms with van der Waals surface area (Å²) >= 11 is 11.4. The number of ether oxygens (including phenoxy) is 2. The lowest BCUT2D eigenvalue weighted by molar-refractivity contribution is 0.101. The van der Waals surface area contributed by atoms with Gasteiger partial charge >= 0.3 is 12.2 Å². The van der Waals surface area contributed by atoms with Crippen molar-refractivity contribution < 1.29 is 46.2 Å². The molecule has 0 saturated carbocycles. The number of benzene rings is 4. The minimum Gasteiger partial charge on any atom is -0.443 e. The van der Waals surface area contributed by atoms with Crippen LogP contribution in [0.1, 0.15) is 79.3 Å². The van der Waals surface area contributed by atoms with E-state index < -0.39 is 47.5 Å². The highest BCUT2D eigenvalue weighted by Crippen LogP contribution is 2.37. The number of nitrogens with one attached hydrogen (secondary N) is 3. The Kier molecular flexibility index (Phi) is 17.9. The van der Waals surface area contributed by atoms with Crippen LogP contribution in [0.15, 0.2) is 117 Å². The van der Waals surface area contributed by atoms with Crippen molar-refractivity contribution in [3.05, 3.63) is 195 Å². The molecule has 5 N–H and O–H groups in total. The number of hydrogen-bond acceptors (Lipinski definition) is 12. The maximum absolute atomic E-state index is 14.6. The van der Waals surface area contributed by atoms with Crippen molar-refractivity contribution >= 4 is 71.0 Å². The van der Waals surface area contributed by atoms with Crippen molar-refractivity contribution in [1.82, 2.24) is 34.8 Å². The van der Waals surface area contributed by atoms with Crippen LogP contribution in [0.2, 0.25) is 10.0 Å². The normalized spacial score (nSPS) is 13.9. The Labute approximate surface area is 412 Å². The maximum atomic E-state index is 14.6. The Morgan fingerprint density at radius 1 is 0.657 bits per heavy atom. The van der Waals surface area contributed by atoms with Crippen LogP contribution < -0.4 is 21.7 Å². The zero-order valence-corrected chi connectivity index (χ0v) is 38.6. The summed E-state index contributed by atoms with van der Waals surface area (Å²) in [5.41, 5.74) is 10.1. The molecule has 4 aromatic carbocycles.